The van der Waals surface area contributed by atoms with Crippen molar-refractivity contribution in [2.45, 2.75) is 57.2 Å². The van der Waals surface area contributed by atoms with Crippen LogP contribution in [0.5, 0.6) is 0 Å². The number of rotatable bonds is 5. The number of anilines is 1. The van der Waals surface area contributed by atoms with Crippen molar-refractivity contribution < 1.29 is 27.9 Å². The van der Waals surface area contributed by atoms with Gasteiger partial charge < -0.3 is 15.2 Å². The molecule has 1 aliphatic rings. The van der Waals surface area contributed by atoms with E-state index in [-0.39, 0.29) is 17.5 Å². The highest BCUT2D eigenvalue weighted by molar-refractivity contribution is 7.18. The number of halogens is 3. The van der Waals surface area contributed by atoms with Crippen LogP contribution in [0.4, 0.5) is 18.9 Å². The second-order valence-electron chi connectivity index (χ2n) is 8.96. The molecule has 2 aromatic heterocycles. The van der Waals surface area contributed by atoms with Gasteiger partial charge in [-0.05, 0) is 51.7 Å². The lowest BCUT2D eigenvalue weighted by Crippen LogP contribution is -2.22. The molecule has 0 saturated heterocycles. The van der Waals surface area contributed by atoms with Gasteiger partial charge in [-0.3, -0.25) is 4.79 Å². The topological polar surface area (TPSA) is 105 Å². The second kappa shape index (κ2) is 9.03. The Morgan fingerprint density at radius 3 is 2.41 bits per heavy atom. The maximum absolute atomic E-state index is 12.7. The minimum Gasteiger partial charge on any atom is -0.386 e. The van der Waals surface area contributed by atoms with Gasteiger partial charge in [0.05, 0.1) is 33.2 Å². The number of nitrogens with zero attached hydrogens (tertiary/aromatic N) is 3. The third kappa shape index (κ3) is 5.10. The Bertz CT molecular complexity index is 1210. The molecule has 180 valence electrons. The normalized spacial score (nSPS) is 19.2. The Morgan fingerprint density at radius 1 is 1.15 bits per heavy atom. The summed E-state index contributed by atoms with van der Waals surface area (Å²) in [5.41, 5.74) is -1.40. The number of aromatic nitrogens is 3. The van der Waals surface area contributed by atoms with E-state index in [2.05, 4.69) is 15.3 Å². The fraction of sp³-hybridized carbons (Fsp3) is 0.435. The van der Waals surface area contributed by atoms with Gasteiger partial charge in [0, 0.05) is 23.1 Å². The molecule has 1 saturated carbocycles. The largest absolute Gasteiger partial charge is 0.434 e. The Morgan fingerprint density at radius 2 is 1.85 bits per heavy atom. The average molecular weight is 493 g/mol. The van der Waals surface area contributed by atoms with Crippen LogP contribution in [0, 0.1) is 5.92 Å². The van der Waals surface area contributed by atoms with Gasteiger partial charge in [0.2, 0.25) is 0 Å². The summed E-state index contributed by atoms with van der Waals surface area (Å²) in [7, 11) is 0. The first-order valence-corrected chi connectivity index (χ1v) is 11.6. The third-order valence-corrected chi connectivity index (χ3v) is 7.12. The molecule has 1 fully saturated rings. The van der Waals surface area contributed by atoms with E-state index in [1.165, 1.54) is 11.3 Å². The number of thiazole rings is 1. The molecule has 0 spiro atoms. The number of nitrogens with one attached hydrogen (secondary N) is 1. The van der Waals surface area contributed by atoms with Crippen LogP contribution in [-0.4, -0.2) is 32.3 Å². The van der Waals surface area contributed by atoms with Crippen LogP contribution in [-0.2, 0) is 16.6 Å². The Hall–Kier alpha value is -2.92. The summed E-state index contributed by atoms with van der Waals surface area (Å²) in [6, 6.07) is 3.41. The van der Waals surface area contributed by atoms with Crippen molar-refractivity contribution in [1.29, 1.82) is 0 Å². The quantitative estimate of drug-likeness (QED) is 0.483. The zero-order valence-corrected chi connectivity index (χ0v) is 19.3. The molecule has 1 aromatic carbocycles. The van der Waals surface area contributed by atoms with Crippen molar-refractivity contribution >= 4 is 39.4 Å². The van der Waals surface area contributed by atoms with Crippen LogP contribution in [0.1, 0.15) is 72.2 Å². The molecule has 11 heteroatoms. The van der Waals surface area contributed by atoms with Gasteiger partial charge in [-0.1, -0.05) is 0 Å². The van der Waals surface area contributed by atoms with Gasteiger partial charge in [-0.15, -0.1) is 11.3 Å². The van der Waals surface area contributed by atoms with E-state index in [9.17, 15) is 27.9 Å². The monoisotopic (exact) mass is 492 g/mol. The molecule has 0 aliphatic heterocycles. The summed E-state index contributed by atoms with van der Waals surface area (Å²) in [5.74, 6) is -0.398. The van der Waals surface area contributed by atoms with Crippen molar-refractivity contribution in [3.05, 3.63) is 46.5 Å². The van der Waals surface area contributed by atoms with Crippen LogP contribution < -0.4 is 5.32 Å². The van der Waals surface area contributed by atoms with Gasteiger partial charge in [0.15, 0.2) is 5.69 Å². The Balaban J connectivity index is 1.63. The van der Waals surface area contributed by atoms with E-state index in [1.807, 2.05) is 0 Å². The minimum atomic E-state index is -4.66. The first kappa shape index (κ1) is 24.2. The van der Waals surface area contributed by atoms with E-state index >= 15 is 0 Å². The molecule has 0 unspecified atom stereocenters. The first-order valence-electron chi connectivity index (χ1n) is 10.8. The van der Waals surface area contributed by atoms with Gasteiger partial charge in [0.25, 0.3) is 5.91 Å². The fourth-order valence-electron chi connectivity index (χ4n) is 4.06. The number of aldehydes is 1. The van der Waals surface area contributed by atoms with E-state index in [0.29, 0.717) is 23.0 Å². The van der Waals surface area contributed by atoms with Crippen molar-refractivity contribution in [3.8, 4) is 0 Å². The van der Waals surface area contributed by atoms with E-state index < -0.39 is 23.4 Å². The van der Waals surface area contributed by atoms with Gasteiger partial charge in [-0.2, -0.15) is 13.2 Å². The Labute approximate surface area is 197 Å². The zero-order chi connectivity index (χ0) is 24.7. The maximum Gasteiger partial charge on any atom is 0.434 e. The highest BCUT2D eigenvalue weighted by Gasteiger charge is 2.33. The standard InChI is InChI=1S/C23H23F3N4O3S/c1-22(2,33)14-7-16-18(34-21(30-16)13-5-3-12(11-31)4-6-13)8-15(14)29-20(32)17-9-28-19(10-27-17)23(24,25)26/h7-13,33H,3-6H2,1-2H3,(H,29,32). The molecular weight excluding hydrogens is 469 g/mol. The Kier molecular flexibility index (Phi) is 6.43. The molecule has 3 aromatic rings. The fourth-order valence-corrected chi connectivity index (χ4v) is 5.21. The van der Waals surface area contributed by atoms with Crippen molar-refractivity contribution in [2.24, 2.45) is 5.92 Å². The molecule has 2 N–H and O–H groups in total. The summed E-state index contributed by atoms with van der Waals surface area (Å²) >= 11 is 1.49. The van der Waals surface area contributed by atoms with Crippen molar-refractivity contribution in [2.75, 3.05) is 5.32 Å². The summed E-state index contributed by atoms with van der Waals surface area (Å²) in [5, 5.41) is 14.3. The van der Waals surface area contributed by atoms with E-state index in [0.717, 1.165) is 47.9 Å². The lowest BCUT2D eigenvalue weighted by Gasteiger charge is -2.23. The van der Waals surface area contributed by atoms with Crippen molar-refractivity contribution in [3.63, 3.8) is 0 Å². The molecule has 7 nitrogen and oxygen atoms in total. The van der Waals surface area contributed by atoms with Crippen LogP contribution in [0.2, 0.25) is 0 Å². The number of fused-ring (bicyclic) bond motifs is 1. The number of carbonyl (C=O) groups is 2. The SMILES string of the molecule is CC(C)(O)c1cc2nc(C3CCC(C=O)CC3)sc2cc1NC(=O)c1cnc(C(F)(F)F)cn1. The van der Waals surface area contributed by atoms with Gasteiger partial charge in [0.1, 0.15) is 12.0 Å². The number of amides is 1. The molecule has 0 atom stereocenters. The molecule has 1 aliphatic carbocycles. The van der Waals surface area contributed by atoms with E-state index in [1.54, 1.807) is 26.0 Å². The predicted molar refractivity (Wildman–Crippen MR) is 121 cm³/mol. The number of aliphatic hydroxyl groups is 1. The molecular formula is C23H23F3N4O3S. The van der Waals surface area contributed by atoms with Crippen LogP contribution in [0.15, 0.2) is 24.5 Å². The highest BCUT2D eigenvalue weighted by Crippen LogP contribution is 2.41. The average Bonchev–Trinajstić information content (AvgIpc) is 3.20. The first-order chi connectivity index (χ1) is 16.0. The van der Waals surface area contributed by atoms with Crippen LogP contribution in [0.3, 0.4) is 0 Å². The number of benzene rings is 1. The number of hydrogen-bond acceptors (Lipinski definition) is 7. The molecule has 0 radical (unpaired) electrons. The number of alkyl halides is 3. The number of carbonyl (C=O) groups excluding carboxylic acids is 2. The highest BCUT2D eigenvalue weighted by atomic mass is 32.1. The third-order valence-electron chi connectivity index (χ3n) is 5.94. The maximum atomic E-state index is 12.7. The van der Waals surface area contributed by atoms with E-state index in [4.69, 9.17) is 4.98 Å². The minimum absolute atomic E-state index is 0.0996. The summed E-state index contributed by atoms with van der Waals surface area (Å²) in [6.07, 6.45) is 1.03. The van der Waals surface area contributed by atoms with Crippen LogP contribution in [0.25, 0.3) is 10.2 Å². The zero-order valence-electron chi connectivity index (χ0n) is 18.5. The molecule has 0 bridgehead atoms. The number of hydrogen-bond donors (Lipinski definition) is 2. The summed E-state index contributed by atoms with van der Waals surface area (Å²) < 4.78 is 39.0. The lowest BCUT2D eigenvalue weighted by molar-refractivity contribution is -0.141. The lowest BCUT2D eigenvalue weighted by atomic mass is 9.83. The summed E-state index contributed by atoms with van der Waals surface area (Å²) in [6.45, 7) is 3.13. The van der Waals surface area contributed by atoms with Crippen LogP contribution >= 0.6 is 11.3 Å². The molecule has 1 amide bonds. The summed E-state index contributed by atoms with van der Waals surface area (Å²) in [4.78, 5) is 35.3. The smallest absolute Gasteiger partial charge is 0.386 e. The van der Waals surface area contributed by atoms with Gasteiger partial charge in [-0.25, -0.2) is 15.0 Å². The molecule has 4 rings (SSSR count). The predicted octanol–water partition coefficient (Wildman–Crippen LogP) is 5.06. The molecule has 2 heterocycles. The van der Waals surface area contributed by atoms with Gasteiger partial charge >= 0.3 is 6.18 Å². The molecule has 34 heavy (non-hydrogen) atoms. The van der Waals surface area contributed by atoms with Crippen molar-refractivity contribution in [1.82, 2.24) is 15.0 Å². The second-order valence-corrected chi connectivity index (χ2v) is 10.0.